The molecule has 0 bridgehead atoms. The number of carboxylic acid groups (broad SMARTS) is 1. The second-order valence-electron chi connectivity index (χ2n) is 3.40. The van der Waals surface area contributed by atoms with E-state index in [4.69, 9.17) is 5.11 Å². The molecule has 0 saturated carbocycles. The zero-order valence-electron chi connectivity index (χ0n) is 8.99. The predicted molar refractivity (Wildman–Crippen MR) is 68.1 cm³/mol. The number of carbonyl (C=O) groups is 1. The van der Waals surface area contributed by atoms with Crippen LogP contribution in [0.1, 0.15) is 0 Å². The molecular formula is C11H8N2O4S. The highest BCUT2D eigenvalue weighted by atomic mass is 32.1. The molecule has 0 aliphatic carbocycles. The molecule has 2 N–H and O–H groups in total. The third-order valence-corrected chi connectivity index (χ3v) is 3.16. The maximum absolute atomic E-state index is 10.9. The topological polar surface area (TPSA) is 92.5 Å². The van der Waals surface area contributed by atoms with Gasteiger partial charge in [0.1, 0.15) is 5.69 Å². The second-order valence-corrected chi connectivity index (χ2v) is 4.34. The molecule has 92 valence electrons. The lowest BCUT2D eigenvalue weighted by Gasteiger charge is -2.04. The van der Waals surface area contributed by atoms with Crippen LogP contribution >= 0.6 is 11.3 Å². The Morgan fingerprint density at radius 3 is 2.72 bits per heavy atom. The Bertz CT molecular complexity index is 595. The van der Waals surface area contributed by atoms with Gasteiger partial charge in [0, 0.05) is 10.9 Å². The fraction of sp³-hybridized carbons (Fsp3) is 0. The smallest absolute Gasteiger partial charge is 0.409 e. The van der Waals surface area contributed by atoms with Gasteiger partial charge < -0.3 is 5.11 Å². The van der Waals surface area contributed by atoms with Crippen LogP contribution in [0.15, 0.2) is 35.7 Å². The first-order chi connectivity index (χ1) is 8.58. The standard InChI is InChI=1S/C11H8N2O4S/c14-11(15)12-8-4-3-7(6-9(8)13(16)17)10-2-1-5-18-10/h1-6,12H,(H,14,15). The van der Waals surface area contributed by atoms with E-state index in [2.05, 4.69) is 0 Å². The molecule has 1 heterocycles. The van der Waals surface area contributed by atoms with Crippen molar-refractivity contribution in [2.24, 2.45) is 0 Å². The van der Waals surface area contributed by atoms with Crippen LogP contribution in [0.5, 0.6) is 0 Å². The predicted octanol–water partition coefficient (Wildman–Crippen LogP) is 3.41. The highest BCUT2D eigenvalue weighted by Gasteiger charge is 2.17. The van der Waals surface area contributed by atoms with E-state index in [-0.39, 0.29) is 11.4 Å². The molecule has 1 aromatic heterocycles. The van der Waals surface area contributed by atoms with Gasteiger partial charge in [-0.2, -0.15) is 0 Å². The summed E-state index contributed by atoms with van der Waals surface area (Å²) in [4.78, 5) is 21.7. The Kier molecular flexibility index (Phi) is 3.24. The molecule has 0 spiro atoms. The van der Waals surface area contributed by atoms with Crippen molar-refractivity contribution < 1.29 is 14.8 Å². The maximum atomic E-state index is 10.9. The summed E-state index contributed by atoms with van der Waals surface area (Å²) in [6.07, 6.45) is -1.33. The van der Waals surface area contributed by atoms with Crippen molar-refractivity contribution in [3.05, 3.63) is 45.8 Å². The van der Waals surface area contributed by atoms with E-state index in [1.807, 2.05) is 22.8 Å². The number of anilines is 1. The first-order valence-corrected chi connectivity index (χ1v) is 5.78. The monoisotopic (exact) mass is 264 g/mol. The molecule has 0 atom stereocenters. The minimum Gasteiger partial charge on any atom is -0.465 e. The highest BCUT2D eigenvalue weighted by molar-refractivity contribution is 7.13. The molecule has 6 nitrogen and oxygen atoms in total. The molecule has 0 aliphatic heterocycles. The van der Waals surface area contributed by atoms with Crippen LogP contribution in [-0.4, -0.2) is 16.1 Å². The number of nitrogens with zero attached hydrogens (tertiary/aromatic N) is 1. The van der Waals surface area contributed by atoms with Crippen LogP contribution in [0.3, 0.4) is 0 Å². The lowest BCUT2D eigenvalue weighted by Crippen LogP contribution is -2.09. The quantitative estimate of drug-likeness (QED) is 0.656. The van der Waals surface area contributed by atoms with E-state index in [9.17, 15) is 14.9 Å². The average Bonchev–Trinajstić information content (AvgIpc) is 2.82. The molecular weight excluding hydrogens is 256 g/mol. The van der Waals surface area contributed by atoms with Crippen molar-refractivity contribution in [3.63, 3.8) is 0 Å². The third kappa shape index (κ3) is 2.46. The molecule has 1 amide bonds. The highest BCUT2D eigenvalue weighted by Crippen LogP contribution is 2.32. The lowest BCUT2D eigenvalue weighted by atomic mass is 10.1. The third-order valence-electron chi connectivity index (χ3n) is 2.24. The van der Waals surface area contributed by atoms with Crippen molar-refractivity contribution in [2.45, 2.75) is 0 Å². The van der Waals surface area contributed by atoms with Gasteiger partial charge in [-0.15, -0.1) is 11.3 Å². The van der Waals surface area contributed by atoms with Crippen molar-refractivity contribution in [1.82, 2.24) is 0 Å². The Labute approximate surface area is 106 Å². The first kappa shape index (κ1) is 12.1. The fourth-order valence-electron chi connectivity index (χ4n) is 1.50. The molecule has 2 aromatic rings. The van der Waals surface area contributed by atoms with Crippen LogP contribution in [-0.2, 0) is 0 Å². The van der Waals surface area contributed by atoms with Crippen LogP contribution in [0, 0.1) is 10.1 Å². The molecule has 7 heteroatoms. The van der Waals surface area contributed by atoms with E-state index in [1.165, 1.54) is 23.5 Å². The Morgan fingerprint density at radius 2 is 2.17 bits per heavy atom. The Morgan fingerprint density at radius 1 is 1.39 bits per heavy atom. The maximum Gasteiger partial charge on any atom is 0.409 e. The number of nitrogens with one attached hydrogen (secondary N) is 1. The van der Waals surface area contributed by atoms with Gasteiger partial charge in [0.05, 0.1) is 4.92 Å². The number of hydrogen-bond donors (Lipinski definition) is 2. The van der Waals surface area contributed by atoms with Crippen LogP contribution < -0.4 is 5.32 Å². The molecule has 0 radical (unpaired) electrons. The van der Waals surface area contributed by atoms with Gasteiger partial charge in [-0.05, 0) is 23.1 Å². The number of amides is 1. The molecule has 1 aromatic carbocycles. The summed E-state index contributed by atoms with van der Waals surface area (Å²) in [6.45, 7) is 0. The zero-order valence-corrected chi connectivity index (χ0v) is 9.81. The molecule has 2 rings (SSSR count). The Hall–Kier alpha value is -2.41. The first-order valence-electron chi connectivity index (χ1n) is 4.90. The largest absolute Gasteiger partial charge is 0.465 e. The summed E-state index contributed by atoms with van der Waals surface area (Å²) < 4.78 is 0. The van der Waals surface area contributed by atoms with Gasteiger partial charge in [0.25, 0.3) is 5.69 Å². The fourth-order valence-corrected chi connectivity index (χ4v) is 2.22. The zero-order chi connectivity index (χ0) is 13.1. The molecule has 0 aliphatic rings. The summed E-state index contributed by atoms with van der Waals surface area (Å²) in [5, 5.41) is 23.4. The van der Waals surface area contributed by atoms with Crippen LogP contribution in [0.2, 0.25) is 0 Å². The number of nitro groups is 1. The molecule has 0 unspecified atom stereocenters. The SMILES string of the molecule is O=C(O)Nc1ccc(-c2cccs2)cc1[N+](=O)[O-]. The van der Waals surface area contributed by atoms with Gasteiger partial charge in [0.15, 0.2) is 0 Å². The number of hydrogen-bond acceptors (Lipinski definition) is 4. The van der Waals surface area contributed by atoms with E-state index >= 15 is 0 Å². The van der Waals surface area contributed by atoms with Gasteiger partial charge in [0.2, 0.25) is 0 Å². The van der Waals surface area contributed by atoms with Crippen molar-refractivity contribution in [1.29, 1.82) is 0 Å². The summed E-state index contributed by atoms with van der Waals surface area (Å²) in [5.74, 6) is 0. The van der Waals surface area contributed by atoms with Crippen LogP contribution in [0.25, 0.3) is 10.4 Å². The number of benzene rings is 1. The van der Waals surface area contributed by atoms with Crippen molar-refractivity contribution in [3.8, 4) is 10.4 Å². The van der Waals surface area contributed by atoms with Gasteiger partial charge >= 0.3 is 6.09 Å². The summed E-state index contributed by atoms with van der Waals surface area (Å²) >= 11 is 1.46. The lowest BCUT2D eigenvalue weighted by molar-refractivity contribution is -0.383. The van der Waals surface area contributed by atoms with Crippen molar-refractivity contribution in [2.75, 3.05) is 5.32 Å². The summed E-state index contributed by atoms with van der Waals surface area (Å²) in [6, 6.07) is 8.08. The van der Waals surface area contributed by atoms with E-state index in [1.54, 1.807) is 6.07 Å². The second kappa shape index (κ2) is 4.84. The number of thiophene rings is 1. The number of rotatable bonds is 3. The Balaban J connectivity index is 2.46. The molecule has 0 saturated heterocycles. The molecule has 0 fully saturated rings. The van der Waals surface area contributed by atoms with E-state index in [0.717, 1.165) is 4.88 Å². The normalized spacial score (nSPS) is 10.0. The van der Waals surface area contributed by atoms with Crippen molar-refractivity contribution >= 4 is 28.8 Å². The van der Waals surface area contributed by atoms with E-state index in [0.29, 0.717) is 5.56 Å². The summed E-state index contributed by atoms with van der Waals surface area (Å²) in [7, 11) is 0. The minimum atomic E-state index is -1.33. The van der Waals surface area contributed by atoms with Crippen LogP contribution in [0.4, 0.5) is 16.2 Å². The van der Waals surface area contributed by atoms with E-state index < -0.39 is 11.0 Å². The average molecular weight is 264 g/mol. The summed E-state index contributed by atoms with van der Waals surface area (Å²) in [5.41, 5.74) is 0.392. The van der Waals surface area contributed by atoms with Gasteiger partial charge in [-0.25, -0.2) is 4.79 Å². The molecule has 18 heavy (non-hydrogen) atoms. The van der Waals surface area contributed by atoms with Gasteiger partial charge in [-0.3, -0.25) is 15.4 Å². The van der Waals surface area contributed by atoms with Gasteiger partial charge in [-0.1, -0.05) is 12.1 Å². The number of nitro benzene ring substituents is 1. The minimum absolute atomic E-state index is 0.0344.